The van der Waals surface area contributed by atoms with Gasteiger partial charge in [0.1, 0.15) is 0 Å². The molecule has 0 atom stereocenters. The van der Waals surface area contributed by atoms with E-state index >= 15 is 0 Å². The summed E-state index contributed by atoms with van der Waals surface area (Å²) in [5.74, 6) is 1.03. The molecule has 0 radical (unpaired) electrons. The average molecular weight is 196 g/mol. The summed E-state index contributed by atoms with van der Waals surface area (Å²) in [6.45, 7) is 5.35. The lowest BCUT2D eigenvalue weighted by Crippen LogP contribution is -2.44. The summed E-state index contributed by atoms with van der Waals surface area (Å²) >= 11 is 0. The zero-order valence-corrected chi connectivity index (χ0v) is 9.72. The first-order valence-electron chi connectivity index (χ1n) is 6.39. The monoisotopic (exact) mass is 196 g/mol. The lowest BCUT2D eigenvalue weighted by atomic mass is 9.57. The van der Waals surface area contributed by atoms with Crippen LogP contribution in [0.2, 0.25) is 0 Å². The average Bonchev–Trinajstić information content (AvgIpc) is 2.17. The molecule has 1 heteroatoms. The fourth-order valence-corrected chi connectivity index (χ4v) is 3.37. The molecular formula is C13H24O. The van der Waals surface area contributed by atoms with Crippen molar-refractivity contribution in [3.63, 3.8) is 0 Å². The Morgan fingerprint density at radius 1 is 1.14 bits per heavy atom. The van der Waals surface area contributed by atoms with Crippen molar-refractivity contribution in [2.24, 2.45) is 11.3 Å². The predicted octanol–water partition coefficient (Wildman–Crippen LogP) is 3.77. The predicted molar refractivity (Wildman–Crippen MR) is 59.3 cm³/mol. The molecule has 0 heterocycles. The van der Waals surface area contributed by atoms with Crippen molar-refractivity contribution in [1.82, 2.24) is 0 Å². The van der Waals surface area contributed by atoms with Crippen LogP contribution < -0.4 is 0 Å². The highest BCUT2D eigenvalue weighted by molar-refractivity contribution is 4.97. The van der Waals surface area contributed by atoms with Crippen LogP contribution in [-0.4, -0.2) is 12.7 Å². The zero-order chi connectivity index (χ0) is 10.0. The third-order valence-electron chi connectivity index (χ3n) is 4.47. The van der Waals surface area contributed by atoms with E-state index in [-0.39, 0.29) is 0 Å². The van der Waals surface area contributed by atoms with Crippen molar-refractivity contribution >= 4 is 0 Å². The maximum atomic E-state index is 5.66. The van der Waals surface area contributed by atoms with Gasteiger partial charge in [0.15, 0.2) is 0 Å². The van der Waals surface area contributed by atoms with Crippen molar-refractivity contribution in [2.45, 2.75) is 64.9 Å². The van der Waals surface area contributed by atoms with Crippen molar-refractivity contribution < 1.29 is 4.74 Å². The second kappa shape index (κ2) is 4.22. The highest BCUT2D eigenvalue weighted by Gasteiger charge is 2.45. The van der Waals surface area contributed by atoms with Gasteiger partial charge in [-0.05, 0) is 56.8 Å². The van der Waals surface area contributed by atoms with Crippen LogP contribution in [0.15, 0.2) is 0 Å². The molecule has 1 nitrogen and oxygen atoms in total. The van der Waals surface area contributed by atoms with Gasteiger partial charge in [0.2, 0.25) is 0 Å². The molecule has 82 valence electrons. The molecule has 1 spiro atoms. The summed E-state index contributed by atoms with van der Waals surface area (Å²) in [5.41, 5.74) is 0.728. The van der Waals surface area contributed by atoms with Gasteiger partial charge in [-0.3, -0.25) is 0 Å². The standard InChI is InChI=1S/C13H24O/c1-3-11-5-7-13(8-6-11)9-12(10-13)14-4-2/h11-12H,3-10H2,1-2H3. The first-order chi connectivity index (χ1) is 6.78. The molecule has 2 aliphatic rings. The Bertz CT molecular complexity index is 164. The lowest BCUT2D eigenvalue weighted by Gasteiger charge is -2.51. The quantitative estimate of drug-likeness (QED) is 0.667. The van der Waals surface area contributed by atoms with E-state index in [1.807, 2.05) is 0 Å². The first-order valence-corrected chi connectivity index (χ1v) is 6.39. The minimum atomic E-state index is 0.609. The lowest BCUT2D eigenvalue weighted by molar-refractivity contribution is -0.0976. The van der Waals surface area contributed by atoms with Crippen LogP contribution in [-0.2, 0) is 4.74 Å². The van der Waals surface area contributed by atoms with Crippen LogP contribution in [0.3, 0.4) is 0 Å². The molecule has 0 aromatic carbocycles. The molecule has 0 saturated heterocycles. The van der Waals surface area contributed by atoms with Gasteiger partial charge in [-0.2, -0.15) is 0 Å². The minimum absolute atomic E-state index is 0.609. The normalized spacial score (nSPS) is 42.4. The first kappa shape index (κ1) is 10.5. The summed E-state index contributed by atoms with van der Waals surface area (Å²) in [5, 5.41) is 0. The Morgan fingerprint density at radius 3 is 2.29 bits per heavy atom. The summed E-state index contributed by atoms with van der Waals surface area (Å²) in [6, 6.07) is 0. The number of hydrogen-bond acceptors (Lipinski definition) is 1. The molecule has 0 N–H and O–H groups in total. The maximum Gasteiger partial charge on any atom is 0.0585 e. The van der Waals surface area contributed by atoms with Gasteiger partial charge in [-0.1, -0.05) is 13.3 Å². The fraction of sp³-hybridized carbons (Fsp3) is 1.00. The molecule has 0 unspecified atom stereocenters. The van der Waals surface area contributed by atoms with Gasteiger partial charge in [-0.25, -0.2) is 0 Å². The molecule has 0 aromatic heterocycles. The smallest absolute Gasteiger partial charge is 0.0585 e. The van der Waals surface area contributed by atoms with Crippen LogP contribution in [0, 0.1) is 11.3 Å². The molecule has 0 bridgehead atoms. The molecule has 14 heavy (non-hydrogen) atoms. The molecule has 0 aromatic rings. The van der Waals surface area contributed by atoms with Gasteiger partial charge < -0.3 is 4.74 Å². The van der Waals surface area contributed by atoms with Crippen molar-refractivity contribution in [3.05, 3.63) is 0 Å². The van der Waals surface area contributed by atoms with E-state index in [9.17, 15) is 0 Å². The highest BCUT2D eigenvalue weighted by atomic mass is 16.5. The van der Waals surface area contributed by atoms with Crippen LogP contribution in [0.4, 0.5) is 0 Å². The van der Waals surface area contributed by atoms with E-state index in [0.29, 0.717) is 6.10 Å². The van der Waals surface area contributed by atoms with Crippen molar-refractivity contribution in [2.75, 3.05) is 6.61 Å². The van der Waals surface area contributed by atoms with E-state index < -0.39 is 0 Å². The fourth-order valence-electron chi connectivity index (χ4n) is 3.37. The highest BCUT2D eigenvalue weighted by Crippen LogP contribution is 2.54. The maximum absolute atomic E-state index is 5.66. The van der Waals surface area contributed by atoms with Crippen LogP contribution in [0.1, 0.15) is 58.8 Å². The number of ether oxygens (including phenoxy) is 1. The van der Waals surface area contributed by atoms with Gasteiger partial charge in [-0.15, -0.1) is 0 Å². The Kier molecular flexibility index (Phi) is 3.16. The zero-order valence-electron chi connectivity index (χ0n) is 9.72. The minimum Gasteiger partial charge on any atom is -0.378 e. The van der Waals surface area contributed by atoms with Crippen molar-refractivity contribution in [1.29, 1.82) is 0 Å². The SMILES string of the molecule is CCOC1CC2(CCC(CC)CC2)C1. The summed E-state index contributed by atoms with van der Waals surface area (Å²) < 4.78 is 5.66. The van der Waals surface area contributed by atoms with E-state index in [1.54, 1.807) is 0 Å². The van der Waals surface area contributed by atoms with E-state index in [4.69, 9.17) is 4.74 Å². The molecule has 0 aliphatic heterocycles. The third kappa shape index (κ3) is 1.98. The Balaban J connectivity index is 1.74. The molecule has 2 fully saturated rings. The third-order valence-corrected chi connectivity index (χ3v) is 4.47. The van der Waals surface area contributed by atoms with Gasteiger partial charge in [0, 0.05) is 6.61 Å². The largest absolute Gasteiger partial charge is 0.378 e. The number of rotatable bonds is 3. The van der Waals surface area contributed by atoms with Crippen molar-refractivity contribution in [3.8, 4) is 0 Å². The molecular weight excluding hydrogens is 172 g/mol. The van der Waals surface area contributed by atoms with E-state index in [2.05, 4.69) is 13.8 Å². The summed E-state index contributed by atoms with van der Waals surface area (Å²) in [6.07, 6.45) is 10.6. The van der Waals surface area contributed by atoms with Crippen LogP contribution in [0.25, 0.3) is 0 Å². The van der Waals surface area contributed by atoms with E-state index in [0.717, 1.165) is 17.9 Å². The van der Waals surface area contributed by atoms with Gasteiger partial charge >= 0.3 is 0 Å². The molecule has 2 saturated carbocycles. The second-order valence-electron chi connectivity index (χ2n) is 5.34. The Labute approximate surface area is 88.2 Å². The van der Waals surface area contributed by atoms with Crippen LogP contribution in [0.5, 0.6) is 0 Å². The summed E-state index contributed by atoms with van der Waals surface area (Å²) in [4.78, 5) is 0. The Hall–Kier alpha value is -0.0400. The van der Waals surface area contributed by atoms with Gasteiger partial charge in [0.05, 0.1) is 6.10 Å². The Morgan fingerprint density at radius 2 is 1.79 bits per heavy atom. The van der Waals surface area contributed by atoms with E-state index in [1.165, 1.54) is 44.9 Å². The molecule has 0 amide bonds. The van der Waals surface area contributed by atoms with Crippen LogP contribution >= 0.6 is 0 Å². The second-order valence-corrected chi connectivity index (χ2v) is 5.34. The topological polar surface area (TPSA) is 9.23 Å². The summed E-state index contributed by atoms with van der Waals surface area (Å²) in [7, 11) is 0. The van der Waals surface area contributed by atoms with Gasteiger partial charge in [0.25, 0.3) is 0 Å². The molecule has 2 rings (SSSR count). The molecule has 2 aliphatic carbocycles. The number of hydrogen-bond donors (Lipinski definition) is 0.